The Balaban J connectivity index is 1.42. The Morgan fingerprint density at radius 2 is 1.96 bits per heavy atom. The van der Waals surface area contributed by atoms with Crippen molar-refractivity contribution in [2.45, 2.75) is 18.9 Å². The van der Waals surface area contributed by atoms with E-state index in [-0.39, 0.29) is 11.9 Å². The number of ether oxygens (including phenoxy) is 2. The van der Waals surface area contributed by atoms with E-state index in [1.165, 1.54) is 0 Å². The van der Waals surface area contributed by atoms with E-state index in [2.05, 4.69) is 20.2 Å². The first-order valence-corrected chi connectivity index (χ1v) is 8.52. The van der Waals surface area contributed by atoms with Gasteiger partial charge in [-0.15, -0.1) is 0 Å². The van der Waals surface area contributed by atoms with Crippen molar-refractivity contribution in [1.29, 1.82) is 0 Å². The SMILES string of the molecule is O=C(NC1CCCN(c2ncccn2)C1)c1ccc2c(c1)OCCO2. The summed E-state index contributed by atoms with van der Waals surface area (Å²) in [7, 11) is 0. The molecule has 7 heteroatoms. The van der Waals surface area contributed by atoms with Crippen LogP contribution in [0.2, 0.25) is 0 Å². The largest absolute Gasteiger partial charge is 0.486 e. The maximum absolute atomic E-state index is 12.6. The van der Waals surface area contributed by atoms with E-state index in [1.807, 2.05) is 0 Å². The molecule has 3 heterocycles. The molecule has 1 N–H and O–H groups in total. The van der Waals surface area contributed by atoms with Gasteiger partial charge in [0.15, 0.2) is 11.5 Å². The summed E-state index contributed by atoms with van der Waals surface area (Å²) in [5.41, 5.74) is 0.581. The Morgan fingerprint density at radius 3 is 2.80 bits per heavy atom. The summed E-state index contributed by atoms with van der Waals surface area (Å²) >= 11 is 0. The molecule has 0 spiro atoms. The van der Waals surface area contributed by atoms with E-state index in [1.54, 1.807) is 36.7 Å². The molecule has 2 aromatic rings. The van der Waals surface area contributed by atoms with Crippen molar-refractivity contribution < 1.29 is 14.3 Å². The average Bonchev–Trinajstić information content (AvgIpc) is 2.68. The zero-order chi connectivity index (χ0) is 17.1. The number of piperidine rings is 1. The molecular weight excluding hydrogens is 320 g/mol. The highest BCUT2D eigenvalue weighted by molar-refractivity contribution is 5.95. The smallest absolute Gasteiger partial charge is 0.251 e. The van der Waals surface area contributed by atoms with Gasteiger partial charge < -0.3 is 19.7 Å². The second-order valence-electron chi connectivity index (χ2n) is 6.17. The van der Waals surface area contributed by atoms with Crippen LogP contribution in [0, 0.1) is 0 Å². The minimum absolute atomic E-state index is 0.0678. The van der Waals surface area contributed by atoms with E-state index in [0.717, 1.165) is 19.4 Å². The number of hydrogen-bond acceptors (Lipinski definition) is 6. The molecule has 1 amide bonds. The van der Waals surface area contributed by atoms with Gasteiger partial charge in [-0.05, 0) is 37.1 Å². The third-order valence-corrected chi connectivity index (χ3v) is 4.40. The van der Waals surface area contributed by atoms with Gasteiger partial charge in [-0.1, -0.05) is 0 Å². The predicted octanol–water partition coefficient (Wildman–Crippen LogP) is 1.65. The molecule has 130 valence electrons. The second-order valence-corrected chi connectivity index (χ2v) is 6.17. The van der Waals surface area contributed by atoms with Gasteiger partial charge in [0, 0.05) is 37.1 Å². The van der Waals surface area contributed by atoms with Crippen LogP contribution >= 0.6 is 0 Å². The topological polar surface area (TPSA) is 76.6 Å². The molecule has 1 saturated heterocycles. The second kappa shape index (κ2) is 6.96. The summed E-state index contributed by atoms with van der Waals surface area (Å²) in [6, 6.07) is 7.16. The molecule has 0 radical (unpaired) electrons. The van der Waals surface area contributed by atoms with Crippen molar-refractivity contribution in [1.82, 2.24) is 15.3 Å². The van der Waals surface area contributed by atoms with Gasteiger partial charge >= 0.3 is 0 Å². The van der Waals surface area contributed by atoms with Gasteiger partial charge in [-0.25, -0.2) is 9.97 Å². The number of amides is 1. The minimum atomic E-state index is -0.0993. The van der Waals surface area contributed by atoms with Crippen LogP contribution in [0.5, 0.6) is 11.5 Å². The lowest BCUT2D eigenvalue weighted by Crippen LogP contribution is -2.48. The lowest BCUT2D eigenvalue weighted by molar-refractivity contribution is 0.0932. The van der Waals surface area contributed by atoms with Crippen molar-refractivity contribution in [3.8, 4) is 11.5 Å². The lowest BCUT2D eigenvalue weighted by Gasteiger charge is -2.33. The Hall–Kier alpha value is -2.83. The fourth-order valence-corrected chi connectivity index (χ4v) is 3.18. The molecule has 0 bridgehead atoms. The Kier molecular flexibility index (Phi) is 4.37. The number of anilines is 1. The fraction of sp³-hybridized carbons (Fsp3) is 0.389. The molecule has 4 rings (SSSR count). The highest BCUT2D eigenvalue weighted by atomic mass is 16.6. The highest BCUT2D eigenvalue weighted by Gasteiger charge is 2.24. The maximum atomic E-state index is 12.6. The molecule has 1 aromatic heterocycles. The first kappa shape index (κ1) is 15.7. The number of nitrogens with zero attached hydrogens (tertiary/aromatic N) is 3. The number of hydrogen-bond donors (Lipinski definition) is 1. The summed E-state index contributed by atoms with van der Waals surface area (Å²) in [5.74, 6) is 1.92. The lowest BCUT2D eigenvalue weighted by atomic mass is 10.1. The number of benzene rings is 1. The molecule has 7 nitrogen and oxygen atoms in total. The van der Waals surface area contributed by atoms with Crippen LogP contribution in [0.25, 0.3) is 0 Å². The van der Waals surface area contributed by atoms with Crippen LogP contribution in [-0.4, -0.2) is 48.2 Å². The Bertz CT molecular complexity index is 753. The van der Waals surface area contributed by atoms with E-state index in [9.17, 15) is 4.79 Å². The summed E-state index contributed by atoms with van der Waals surface area (Å²) in [4.78, 5) is 23.3. The molecule has 0 saturated carbocycles. The third-order valence-electron chi connectivity index (χ3n) is 4.40. The molecule has 1 aromatic carbocycles. The molecule has 2 aliphatic heterocycles. The minimum Gasteiger partial charge on any atom is -0.486 e. The van der Waals surface area contributed by atoms with Gasteiger partial charge in [0.1, 0.15) is 13.2 Å². The van der Waals surface area contributed by atoms with Crippen molar-refractivity contribution in [2.75, 3.05) is 31.2 Å². The van der Waals surface area contributed by atoms with Crippen molar-refractivity contribution in [3.63, 3.8) is 0 Å². The van der Waals surface area contributed by atoms with Crippen LogP contribution in [0.3, 0.4) is 0 Å². The number of rotatable bonds is 3. The van der Waals surface area contributed by atoms with Crippen molar-refractivity contribution in [2.24, 2.45) is 0 Å². The van der Waals surface area contributed by atoms with Crippen LogP contribution in [0.15, 0.2) is 36.7 Å². The first-order chi connectivity index (χ1) is 12.3. The standard InChI is InChI=1S/C18H20N4O3/c23-17(13-4-5-15-16(11-13)25-10-9-24-15)21-14-3-1-8-22(12-14)18-19-6-2-7-20-18/h2,4-7,11,14H,1,3,8-10,12H2,(H,21,23). The Morgan fingerprint density at radius 1 is 1.16 bits per heavy atom. The van der Waals surface area contributed by atoms with Crippen LogP contribution in [0.4, 0.5) is 5.95 Å². The third kappa shape index (κ3) is 3.50. The van der Waals surface area contributed by atoms with E-state index >= 15 is 0 Å². The fourth-order valence-electron chi connectivity index (χ4n) is 3.18. The van der Waals surface area contributed by atoms with E-state index < -0.39 is 0 Å². The van der Waals surface area contributed by atoms with Gasteiger partial charge in [0.05, 0.1) is 0 Å². The van der Waals surface area contributed by atoms with Crippen LogP contribution in [-0.2, 0) is 0 Å². The van der Waals surface area contributed by atoms with Gasteiger partial charge in [-0.3, -0.25) is 4.79 Å². The van der Waals surface area contributed by atoms with Crippen LogP contribution < -0.4 is 19.7 Å². The zero-order valence-electron chi connectivity index (χ0n) is 13.9. The first-order valence-electron chi connectivity index (χ1n) is 8.52. The van der Waals surface area contributed by atoms with Crippen molar-refractivity contribution >= 4 is 11.9 Å². The molecule has 2 aliphatic rings. The maximum Gasteiger partial charge on any atom is 0.251 e. The summed E-state index contributed by atoms with van der Waals surface area (Å²) < 4.78 is 11.0. The number of carbonyl (C=O) groups excluding carboxylic acids is 1. The number of nitrogens with one attached hydrogen (secondary N) is 1. The molecule has 0 aliphatic carbocycles. The summed E-state index contributed by atoms with van der Waals surface area (Å²) in [5, 5.41) is 3.11. The molecule has 1 fully saturated rings. The highest BCUT2D eigenvalue weighted by Crippen LogP contribution is 2.30. The monoisotopic (exact) mass is 340 g/mol. The summed E-state index contributed by atoms with van der Waals surface area (Å²) in [6.07, 6.45) is 5.41. The molecule has 1 unspecified atom stereocenters. The predicted molar refractivity (Wildman–Crippen MR) is 92.2 cm³/mol. The van der Waals surface area contributed by atoms with E-state index in [0.29, 0.717) is 42.8 Å². The van der Waals surface area contributed by atoms with Gasteiger partial charge in [-0.2, -0.15) is 0 Å². The number of fused-ring (bicyclic) bond motifs is 1. The quantitative estimate of drug-likeness (QED) is 0.915. The molecular formula is C18H20N4O3. The van der Waals surface area contributed by atoms with Gasteiger partial charge in [0.25, 0.3) is 5.91 Å². The zero-order valence-corrected chi connectivity index (χ0v) is 13.9. The average molecular weight is 340 g/mol. The summed E-state index contributed by atoms with van der Waals surface area (Å²) in [6.45, 7) is 2.66. The van der Waals surface area contributed by atoms with E-state index in [4.69, 9.17) is 9.47 Å². The van der Waals surface area contributed by atoms with Crippen LogP contribution in [0.1, 0.15) is 23.2 Å². The number of carbonyl (C=O) groups is 1. The molecule has 25 heavy (non-hydrogen) atoms. The Labute approximate surface area is 146 Å². The molecule has 1 atom stereocenters. The van der Waals surface area contributed by atoms with Gasteiger partial charge in [0.2, 0.25) is 5.95 Å². The normalized spacial score (nSPS) is 19.4. The number of aromatic nitrogens is 2. The van der Waals surface area contributed by atoms with Crippen molar-refractivity contribution in [3.05, 3.63) is 42.2 Å².